The van der Waals surface area contributed by atoms with E-state index in [-0.39, 0.29) is 18.8 Å². The van der Waals surface area contributed by atoms with Crippen molar-refractivity contribution in [3.63, 3.8) is 0 Å². The molecule has 2 aliphatic heterocycles. The summed E-state index contributed by atoms with van der Waals surface area (Å²) in [5.74, 6) is 0.611. The lowest BCUT2D eigenvalue weighted by molar-refractivity contribution is 0.114. The van der Waals surface area contributed by atoms with Crippen LogP contribution in [0.5, 0.6) is 0 Å². The van der Waals surface area contributed by atoms with E-state index in [4.69, 9.17) is 9.84 Å². The molecule has 0 saturated carbocycles. The second kappa shape index (κ2) is 4.81. The average molecular weight is 214 g/mol. The van der Waals surface area contributed by atoms with Crippen molar-refractivity contribution in [2.24, 2.45) is 5.92 Å². The van der Waals surface area contributed by atoms with Crippen LogP contribution >= 0.6 is 0 Å². The summed E-state index contributed by atoms with van der Waals surface area (Å²) in [5.41, 5.74) is 0. The summed E-state index contributed by atoms with van der Waals surface area (Å²) >= 11 is 0. The van der Waals surface area contributed by atoms with Crippen LogP contribution < -0.4 is 5.32 Å². The summed E-state index contributed by atoms with van der Waals surface area (Å²) < 4.78 is 5.08. The molecule has 86 valence electrons. The van der Waals surface area contributed by atoms with Crippen molar-refractivity contribution in [2.75, 3.05) is 32.8 Å². The average Bonchev–Trinajstić information content (AvgIpc) is 2.78. The van der Waals surface area contributed by atoms with E-state index < -0.39 is 0 Å². The Morgan fingerprint density at radius 3 is 3.13 bits per heavy atom. The number of amides is 1. The molecule has 0 aromatic heterocycles. The Kier molecular flexibility index (Phi) is 3.43. The monoisotopic (exact) mass is 214 g/mol. The minimum absolute atomic E-state index is 0.00498. The highest BCUT2D eigenvalue weighted by Crippen LogP contribution is 2.19. The van der Waals surface area contributed by atoms with Crippen LogP contribution in [0.25, 0.3) is 0 Å². The van der Waals surface area contributed by atoms with Crippen molar-refractivity contribution < 1.29 is 14.6 Å². The lowest BCUT2D eigenvalue weighted by Crippen LogP contribution is -2.32. The fourth-order valence-electron chi connectivity index (χ4n) is 2.32. The molecule has 0 aromatic carbocycles. The maximum atomic E-state index is 10.8. The third-order valence-corrected chi connectivity index (χ3v) is 3.12. The third-order valence-electron chi connectivity index (χ3n) is 3.12. The Morgan fingerprint density at radius 1 is 1.60 bits per heavy atom. The van der Waals surface area contributed by atoms with Crippen LogP contribution in [0.3, 0.4) is 0 Å². The Bertz CT molecular complexity index is 235. The number of carbonyl (C=O) groups is 1. The number of hydrogen-bond donors (Lipinski definition) is 2. The molecule has 2 saturated heterocycles. The van der Waals surface area contributed by atoms with Crippen molar-refractivity contribution in [1.82, 2.24) is 10.2 Å². The molecule has 5 heteroatoms. The van der Waals surface area contributed by atoms with Gasteiger partial charge in [-0.25, -0.2) is 4.79 Å². The van der Waals surface area contributed by atoms with Gasteiger partial charge >= 0.3 is 6.09 Å². The molecule has 0 aliphatic carbocycles. The summed E-state index contributed by atoms with van der Waals surface area (Å²) in [4.78, 5) is 13.1. The first-order valence-electron chi connectivity index (χ1n) is 5.55. The van der Waals surface area contributed by atoms with E-state index in [0.717, 1.165) is 32.5 Å². The van der Waals surface area contributed by atoms with E-state index in [1.54, 1.807) is 0 Å². The molecule has 0 bridgehead atoms. The Labute approximate surface area is 89.4 Å². The van der Waals surface area contributed by atoms with Crippen LogP contribution in [0.15, 0.2) is 0 Å². The van der Waals surface area contributed by atoms with Gasteiger partial charge in [0, 0.05) is 19.7 Å². The predicted octanol–water partition coefficient (Wildman–Crippen LogP) is -0.201. The van der Waals surface area contributed by atoms with Crippen LogP contribution in [0.1, 0.15) is 12.8 Å². The van der Waals surface area contributed by atoms with Crippen molar-refractivity contribution >= 4 is 6.09 Å². The summed E-state index contributed by atoms with van der Waals surface area (Å²) in [6, 6.07) is 0. The number of ether oxygens (including phenoxy) is 1. The van der Waals surface area contributed by atoms with Gasteiger partial charge in [-0.2, -0.15) is 0 Å². The molecule has 2 N–H and O–H groups in total. The number of aliphatic hydroxyl groups is 1. The molecule has 2 atom stereocenters. The number of rotatable bonds is 4. The van der Waals surface area contributed by atoms with Gasteiger partial charge < -0.3 is 15.2 Å². The van der Waals surface area contributed by atoms with E-state index in [2.05, 4.69) is 10.2 Å². The quantitative estimate of drug-likeness (QED) is 0.680. The van der Waals surface area contributed by atoms with Gasteiger partial charge in [0.05, 0.1) is 6.54 Å². The van der Waals surface area contributed by atoms with Crippen molar-refractivity contribution in [3.05, 3.63) is 0 Å². The molecule has 2 unspecified atom stereocenters. The molecule has 0 spiro atoms. The van der Waals surface area contributed by atoms with E-state index in [0.29, 0.717) is 12.5 Å². The molecule has 2 fully saturated rings. The lowest BCUT2D eigenvalue weighted by Gasteiger charge is -2.18. The zero-order chi connectivity index (χ0) is 10.7. The zero-order valence-corrected chi connectivity index (χ0v) is 8.82. The summed E-state index contributed by atoms with van der Waals surface area (Å²) in [6.45, 7) is 3.80. The lowest BCUT2D eigenvalue weighted by atomic mass is 10.1. The summed E-state index contributed by atoms with van der Waals surface area (Å²) in [5, 5.41) is 11.5. The predicted molar refractivity (Wildman–Crippen MR) is 54.5 cm³/mol. The van der Waals surface area contributed by atoms with Crippen molar-refractivity contribution in [2.45, 2.75) is 18.9 Å². The summed E-state index contributed by atoms with van der Waals surface area (Å²) in [6.07, 6.45) is 1.74. The highest BCUT2D eigenvalue weighted by Gasteiger charge is 2.28. The fraction of sp³-hybridized carbons (Fsp3) is 0.900. The topological polar surface area (TPSA) is 61.8 Å². The molecule has 15 heavy (non-hydrogen) atoms. The van der Waals surface area contributed by atoms with Crippen LogP contribution in [0.4, 0.5) is 4.79 Å². The highest BCUT2D eigenvalue weighted by molar-refractivity contribution is 5.69. The molecule has 0 radical (unpaired) electrons. The number of nitrogens with zero attached hydrogens (tertiary/aromatic N) is 1. The second-order valence-electron chi connectivity index (χ2n) is 4.33. The van der Waals surface area contributed by atoms with Gasteiger partial charge in [-0.1, -0.05) is 0 Å². The molecule has 5 nitrogen and oxygen atoms in total. The second-order valence-corrected chi connectivity index (χ2v) is 4.33. The smallest absolute Gasteiger partial charge is 0.407 e. The van der Waals surface area contributed by atoms with Gasteiger partial charge in [-0.15, -0.1) is 0 Å². The number of aliphatic hydroxyl groups excluding tert-OH is 1. The van der Waals surface area contributed by atoms with Crippen LogP contribution in [0, 0.1) is 5.92 Å². The standard InChI is InChI=1S/C10H18N2O3/c13-4-2-8-1-3-12(6-8)7-9-5-11-10(14)15-9/h8-9,13H,1-7H2,(H,11,14). The molecule has 2 heterocycles. The molecule has 1 amide bonds. The number of carbonyl (C=O) groups excluding carboxylic acids is 1. The van der Waals surface area contributed by atoms with Gasteiger partial charge in [0.15, 0.2) is 0 Å². The van der Waals surface area contributed by atoms with Gasteiger partial charge in [-0.05, 0) is 25.3 Å². The van der Waals surface area contributed by atoms with Crippen LogP contribution in [-0.2, 0) is 4.74 Å². The highest BCUT2D eigenvalue weighted by atomic mass is 16.6. The van der Waals surface area contributed by atoms with Crippen LogP contribution in [0.2, 0.25) is 0 Å². The Balaban J connectivity index is 1.70. The minimum Gasteiger partial charge on any atom is -0.443 e. The van der Waals surface area contributed by atoms with E-state index in [1.807, 2.05) is 0 Å². The third kappa shape index (κ3) is 2.82. The van der Waals surface area contributed by atoms with Gasteiger partial charge in [-0.3, -0.25) is 4.90 Å². The van der Waals surface area contributed by atoms with Gasteiger partial charge in [0.2, 0.25) is 0 Å². The molecular weight excluding hydrogens is 196 g/mol. The maximum absolute atomic E-state index is 10.8. The fourth-order valence-corrected chi connectivity index (χ4v) is 2.32. The number of alkyl carbamates (subject to hydrolysis) is 1. The van der Waals surface area contributed by atoms with E-state index >= 15 is 0 Å². The normalized spacial score (nSPS) is 31.7. The zero-order valence-electron chi connectivity index (χ0n) is 8.82. The Morgan fingerprint density at radius 2 is 2.47 bits per heavy atom. The van der Waals surface area contributed by atoms with E-state index in [1.165, 1.54) is 0 Å². The van der Waals surface area contributed by atoms with Gasteiger partial charge in [0.25, 0.3) is 0 Å². The van der Waals surface area contributed by atoms with Crippen LogP contribution in [-0.4, -0.2) is 55.0 Å². The SMILES string of the molecule is O=C1NCC(CN2CCC(CCO)C2)O1. The van der Waals surface area contributed by atoms with Crippen molar-refractivity contribution in [3.8, 4) is 0 Å². The first-order chi connectivity index (χ1) is 7.28. The van der Waals surface area contributed by atoms with Crippen molar-refractivity contribution in [1.29, 1.82) is 0 Å². The molecular formula is C10H18N2O3. The van der Waals surface area contributed by atoms with E-state index in [9.17, 15) is 4.79 Å². The number of cyclic esters (lactones) is 1. The summed E-state index contributed by atoms with van der Waals surface area (Å²) in [7, 11) is 0. The number of hydrogen-bond acceptors (Lipinski definition) is 4. The largest absolute Gasteiger partial charge is 0.443 e. The minimum atomic E-state index is -0.300. The molecule has 0 aromatic rings. The molecule has 2 rings (SSSR count). The first kappa shape index (κ1) is 10.7. The molecule has 2 aliphatic rings. The number of likely N-dealkylation sites (tertiary alicyclic amines) is 1. The maximum Gasteiger partial charge on any atom is 0.407 e. The van der Waals surface area contributed by atoms with Gasteiger partial charge in [0.1, 0.15) is 6.10 Å². The number of nitrogens with one attached hydrogen (secondary N) is 1. The Hall–Kier alpha value is -0.810. The first-order valence-corrected chi connectivity index (χ1v) is 5.55.